The second-order valence-corrected chi connectivity index (χ2v) is 3.60. The van der Waals surface area contributed by atoms with Gasteiger partial charge in [-0.1, -0.05) is 0 Å². The summed E-state index contributed by atoms with van der Waals surface area (Å²) >= 11 is 0. The highest BCUT2D eigenvalue weighted by atomic mass is 16.6. The highest BCUT2D eigenvalue weighted by Crippen LogP contribution is 2.29. The molecule has 0 fully saturated rings. The molecule has 102 valence electrons. The largest absolute Gasteiger partial charge is 0.467 e. The van der Waals surface area contributed by atoms with E-state index in [2.05, 4.69) is 10.1 Å². The van der Waals surface area contributed by atoms with Crippen molar-refractivity contribution >= 4 is 23.0 Å². The molecule has 9 nitrogen and oxygen atoms in total. The smallest absolute Gasteiger partial charge is 0.327 e. The number of ether oxygens (including phenoxy) is 1. The summed E-state index contributed by atoms with van der Waals surface area (Å²) < 4.78 is 4.47. The van der Waals surface area contributed by atoms with Crippen LogP contribution in [0.2, 0.25) is 0 Å². The Balaban J connectivity index is 3.10. The first kappa shape index (κ1) is 14.4. The maximum Gasteiger partial charge on any atom is 0.327 e. The van der Waals surface area contributed by atoms with E-state index in [1.54, 1.807) is 0 Å². The van der Waals surface area contributed by atoms with Crippen LogP contribution in [0.5, 0.6) is 0 Å². The van der Waals surface area contributed by atoms with Crippen molar-refractivity contribution in [2.45, 2.75) is 13.0 Å². The van der Waals surface area contributed by atoms with Crippen LogP contribution < -0.4 is 5.32 Å². The normalized spacial score (nSPS) is 11.5. The van der Waals surface area contributed by atoms with Gasteiger partial charge in [-0.15, -0.1) is 0 Å². The van der Waals surface area contributed by atoms with Crippen molar-refractivity contribution in [1.82, 2.24) is 0 Å². The van der Waals surface area contributed by atoms with Crippen molar-refractivity contribution in [2.24, 2.45) is 0 Å². The van der Waals surface area contributed by atoms with Crippen LogP contribution in [-0.4, -0.2) is 29.0 Å². The summed E-state index contributed by atoms with van der Waals surface area (Å²) in [5.74, 6) is -0.604. The first-order valence-corrected chi connectivity index (χ1v) is 5.14. The zero-order valence-electron chi connectivity index (χ0n) is 10.2. The van der Waals surface area contributed by atoms with Crippen molar-refractivity contribution in [2.75, 3.05) is 12.4 Å². The lowest BCUT2D eigenvalue weighted by Gasteiger charge is -2.12. The molecule has 0 aliphatic rings. The van der Waals surface area contributed by atoms with Crippen molar-refractivity contribution in [1.29, 1.82) is 0 Å². The number of carbonyl (C=O) groups is 1. The number of benzene rings is 1. The SMILES string of the molecule is COC(=O)[C@@H](C)Nc1ccc([N+](=O)[O-])cc1[N+](=O)[O-]. The fraction of sp³-hybridized carbons (Fsp3) is 0.300. The predicted molar refractivity (Wildman–Crippen MR) is 64.9 cm³/mol. The average Bonchev–Trinajstić information content (AvgIpc) is 2.37. The fourth-order valence-corrected chi connectivity index (χ4v) is 1.38. The second kappa shape index (κ2) is 5.76. The van der Waals surface area contributed by atoms with Gasteiger partial charge in [0.25, 0.3) is 11.4 Å². The molecule has 19 heavy (non-hydrogen) atoms. The fourth-order valence-electron chi connectivity index (χ4n) is 1.38. The third kappa shape index (κ3) is 3.37. The zero-order chi connectivity index (χ0) is 14.6. The van der Waals surface area contributed by atoms with E-state index in [4.69, 9.17) is 0 Å². The van der Waals surface area contributed by atoms with Gasteiger partial charge in [0.15, 0.2) is 0 Å². The summed E-state index contributed by atoms with van der Waals surface area (Å²) in [5, 5.41) is 24.0. The number of esters is 1. The molecule has 1 atom stereocenters. The molecule has 0 unspecified atom stereocenters. The maximum atomic E-state index is 11.2. The molecule has 0 amide bonds. The molecule has 0 saturated carbocycles. The molecule has 0 heterocycles. The third-order valence-electron chi connectivity index (χ3n) is 2.32. The summed E-state index contributed by atoms with van der Waals surface area (Å²) in [6.07, 6.45) is 0. The molecule has 1 aromatic carbocycles. The van der Waals surface area contributed by atoms with E-state index in [1.807, 2.05) is 0 Å². The lowest BCUT2D eigenvalue weighted by atomic mass is 10.2. The summed E-state index contributed by atoms with van der Waals surface area (Å²) in [7, 11) is 1.19. The van der Waals surface area contributed by atoms with E-state index in [0.717, 1.165) is 12.1 Å². The number of nitro benzene ring substituents is 2. The Kier molecular flexibility index (Phi) is 4.35. The number of nitrogens with one attached hydrogen (secondary N) is 1. The Labute approximate surface area is 107 Å². The van der Waals surface area contributed by atoms with Gasteiger partial charge in [-0.05, 0) is 13.0 Å². The molecule has 1 N–H and O–H groups in total. The Hall–Kier alpha value is -2.71. The molecule has 0 bridgehead atoms. The topological polar surface area (TPSA) is 125 Å². The number of anilines is 1. The number of methoxy groups -OCH3 is 1. The molecule has 1 rings (SSSR count). The molecule has 9 heteroatoms. The summed E-state index contributed by atoms with van der Waals surface area (Å²) in [6, 6.07) is 2.30. The van der Waals surface area contributed by atoms with Crippen molar-refractivity contribution in [3.8, 4) is 0 Å². The lowest BCUT2D eigenvalue weighted by Crippen LogP contribution is -2.27. The van der Waals surface area contributed by atoms with Gasteiger partial charge in [0.05, 0.1) is 23.0 Å². The van der Waals surface area contributed by atoms with Gasteiger partial charge in [0.1, 0.15) is 11.7 Å². The first-order valence-electron chi connectivity index (χ1n) is 5.14. The van der Waals surface area contributed by atoms with Gasteiger partial charge in [-0.3, -0.25) is 20.2 Å². The predicted octanol–water partition coefficient (Wildman–Crippen LogP) is 1.48. The monoisotopic (exact) mass is 269 g/mol. The van der Waals surface area contributed by atoms with E-state index < -0.39 is 33.2 Å². The number of rotatable bonds is 5. The van der Waals surface area contributed by atoms with Crippen LogP contribution in [0, 0.1) is 20.2 Å². The third-order valence-corrected chi connectivity index (χ3v) is 2.32. The van der Waals surface area contributed by atoms with Crippen LogP contribution in [0.15, 0.2) is 18.2 Å². The molecule has 0 aliphatic carbocycles. The highest BCUT2D eigenvalue weighted by molar-refractivity contribution is 5.80. The number of non-ortho nitro benzene ring substituents is 1. The van der Waals surface area contributed by atoms with E-state index in [-0.39, 0.29) is 5.69 Å². The van der Waals surface area contributed by atoms with Crippen LogP contribution in [0.4, 0.5) is 17.1 Å². The van der Waals surface area contributed by atoms with E-state index >= 15 is 0 Å². The van der Waals surface area contributed by atoms with Gasteiger partial charge in [-0.2, -0.15) is 0 Å². The van der Waals surface area contributed by atoms with Crippen LogP contribution in [0.1, 0.15) is 6.92 Å². The first-order chi connectivity index (χ1) is 8.86. The molecule has 0 radical (unpaired) electrons. The molecule has 0 saturated heterocycles. The Morgan fingerprint density at radius 2 is 1.95 bits per heavy atom. The zero-order valence-corrected chi connectivity index (χ0v) is 10.2. The Morgan fingerprint density at radius 3 is 2.42 bits per heavy atom. The van der Waals surface area contributed by atoms with Gasteiger partial charge in [0.2, 0.25) is 0 Å². The van der Waals surface area contributed by atoms with E-state index in [9.17, 15) is 25.0 Å². The van der Waals surface area contributed by atoms with Crippen LogP contribution in [0.25, 0.3) is 0 Å². The molecule has 0 spiro atoms. The van der Waals surface area contributed by atoms with Gasteiger partial charge in [0, 0.05) is 6.07 Å². The minimum Gasteiger partial charge on any atom is -0.467 e. The molecule has 0 aliphatic heterocycles. The van der Waals surface area contributed by atoms with Crippen LogP contribution in [-0.2, 0) is 9.53 Å². The number of hydrogen-bond donors (Lipinski definition) is 1. The van der Waals surface area contributed by atoms with Gasteiger partial charge < -0.3 is 10.1 Å². The molecular weight excluding hydrogens is 258 g/mol. The quantitative estimate of drug-likeness (QED) is 0.487. The average molecular weight is 269 g/mol. The molecule has 1 aromatic rings. The Bertz CT molecular complexity index is 530. The van der Waals surface area contributed by atoms with Crippen molar-refractivity contribution in [3.05, 3.63) is 38.4 Å². The number of nitrogens with zero attached hydrogens (tertiary/aromatic N) is 2. The minimum absolute atomic E-state index is 0.00787. The number of nitro groups is 2. The standard InChI is InChI=1S/C10H11N3O6/c1-6(10(14)19-2)11-8-4-3-7(12(15)16)5-9(8)13(17)18/h3-6,11H,1-2H3/t6-/m1/s1. The number of carbonyl (C=O) groups excluding carboxylic acids is 1. The molecular formula is C10H11N3O6. The summed E-state index contributed by atoms with van der Waals surface area (Å²) in [4.78, 5) is 31.1. The lowest BCUT2D eigenvalue weighted by molar-refractivity contribution is -0.393. The second-order valence-electron chi connectivity index (χ2n) is 3.60. The van der Waals surface area contributed by atoms with Crippen molar-refractivity contribution < 1.29 is 19.4 Å². The van der Waals surface area contributed by atoms with E-state index in [1.165, 1.54) is 20.1 Å². The highest BCUT2D eigenvalue weighted by Gasteiger charge is 2.22. The van der Waals surface area contributed by atoms with Gasteiger partial charge in [-0.25, -0.2) is 4.79 Å². The number of hydrogen-bond acceptors (Lipinski definition) is 7. The summed E-state index contributed by atoms with van der Waals surface area (Å²) in [6.45, 7) is 1.46. The Morgan fingerprint density at radius 1 is 1.32 bits per heavy atom. The minimum atomic E-state index is -0.815. The van der Waals surface area contributed by atoms with Gasteiger partial charge >= 0.3 is 5.97 Å². The maximum absolute atomic E-state index is 11.2. The van der Waals surface area contributed by atoms with Crippen LogP contribution in [0.3, 0.4) is 0 Å². The van der Waals surface area contributed by atoms with Crippen LogP contribution >= 0.6 is 0 Å². The molecule has 0 aromatic heterocycles. The van der Waals surface area contributed by atoms with Crippen molar-refractivity contribution in [3.63, 3.8) is 0 Å². The summed E-state index contributed by atoms with van der Waals surface area (Å²) in [5.41, 5.74) is -0.874. The van der Waals surface area contributed by atoms with E-state index in [0.29, 0.717) is 0 Å².